The lowest BCUT2D eigenvalue weighted by atomic mass is 9.59. The van der Waals surface area contributed by atoms with E-state index < -0.39 is 45.8 Å². The van der Waals surface area contributed by atoms with E-state index in [9.17, 15) is 24.9 Å². The van der Waals surface area contributed by atoms with Gasteiger partial charge in [0.1, 0.15) is 5.78 Å². The van der Waals surface area contributed by atoms with Gasteiger partial charge in [-0.1, -0.05) is 18.7 Å². The number of carboxylic acids is 1. The van der Waals surface area contributed by atoms with Crippen LogP contribution in [0.1, 0.15) is 39.0 Å². The zero-order valence-electron chi connectivity index (χ0n) is 14.4. The van der Waals surface area contributed by atoms with Gasteiger partial charge in [-0.25, -0.2) is 0 Å². The molecule has 8 atom stereocenters. The summed E-state index contributed by atoms with van der Waals surface area (Å²) in [5.74, 6) is -2.03. The Morgan fingerprint density at radius 1 is 1.36 bits per heavy atom. The number of aliphatic hydroxyl groups excluding tert-OH is 1. The lowest BCUT2D eigenvalue weighted by Crippen LogP contribution is -2.49. The molecular formula is C20H24O5. The van der Waals surface area contributed by atoms with Gasteiger partial charge in [0, 0.05) is 11.8 Å². The van der Waals surface area contributed by atoms with E-state index in [1.165, 1.54) is 0 Å². The molecule has 0 aromatic carbocycles. The summed E-state index contributed by atoms with van der Waals surface area (Å²) in [5, 5.41) is 31.8. The third-order valence-corrected chi connectivity index (χ3v) is 8.73. The number of aliphatic carboxylic acids is 1. The van der Waals surface area contributed by atoms with Crippen molar-refractivity contribution in [1.82, 2.24) is 0 Å². The molecule has 5 heteroatoms. The molecular weight excluding hydrogens is 320 g/mol. The molecule has 0 amide bonds. The Bertz CT molecular complexity index is 770. The fourth-order valence-electron chi connectivity index (χ4n) is 7.84. The number of hydrogen-bond donors (Lipinski definition) is 3. The molecule has 0 aliphatic heterocycles. The summed E-state index contributed by atoms with van der Waals surface area (Å²) < 4.78 is 0. The van der Waals surface area contributed by atoms with Crippen LogP contribution in [0, 0.1) is 34.0 Å². The van der Waals surface area contributed by atoms with E-state index in [1.807, 2.05) is 6.08 Å². The van der Waals surface area contributed by atoms with E-state index in [2.05, 4.69) is 6.58 Å². The van der Waals surface area contributed by atoms with Gasteiger partial charge < -0.3 is 15.3 Å². The Balaban J connectivity index is 1.78. The molecule has 25 heavy (non-hydrogen) atoms. The Kier molecular flexibility index (Phi) is 2.58. The van der Waals surface area contributed by atoms with Crippen LogP contribution in [0.25, 0.3) is 0 Å². The van der Waals surface area contributed by atoms with Crippen molar-refractivity contribution in [3.05, 3.63) is 24.3 Å². The topological polar surface area (TPSA) is 94.8 Å². The molecule has 5 rings (SSSR count). The van der Waals surface area contributed by atoms with Crippen molar-refractivity contribution in [2.75, 3.05) is 0 Å². The normalized spacial score (nSPS) is 58.4. The van der Waals surface area contributed by atoms with Crippen LogP contribution in [-0.2, 0) is 9.59 Å². The van der Waals surface area contributed by atoms with Gasteiger partial charge in [-0.05, 0) is 55.4 Å². The first-order valence-electron chi connectivity index (χ1n) is 9.16. The molecule has 5 nitrogen and oxygen atoms in total. The molecule has 4 bridgehead atoms. The highest BCUT2D eigenvalue weighted by molar-refractivity contribution is 5.92. The second kappa shape index (κ2) is 4.09. The van der Waals surface area contributed by atoms with Crippen LogP contribution in [0.5, 0.6) is 0 Å². The van der Waals surface area contributed by atoms with Gasteiger partial charge in [0.25, 0.3) is 0 Å². The van der Waals surface area contributed by atoms with Crippen molar-refractivity contribution in [2.45, 2.75) is 50.7 Å². The van der Waals surface area contributed by atoms with Crippen LogP contribution in [0.3, 0.4) is 0 Å². The predicted octanol–water partition coefficient (Wildman–Crippen LogP) is 1.69. The van der Waals surface area contributed by atoms with Gasteiger partial charge in [0.15, 0.2) is 0 Å². The second-order valence-electron chi connectivity index (χ2n) is 9.41. The van der Waals surface area contributed by atoms with Crippen LogP contribution in [0.4, 0.5) is 0 Å². The third-order valence-electron chi connectivity index (χ3n) is 8.73. The molecule has 0 aromatic rings. The second-order valence-corrected chi connectivity index (χ2v) is 9.41. The summed E-state index contributed by atoms with van der Waals surface area (Å²) >= 11 is 0. The highest BCUT2D eigenvalue weighted by atomic mass is 16.4. The molecule has 5 aliphatic rings. The molecule has 4 fully saturated rings. The zero-order chi connectivity index (χ0) is 18.0. The highest BCUT2D eigenvalue weighted by Crippen LogP contribution is 2.80. The predicted molar refractivity (Wildman–Crippen MR) is 88.4 cm³/mol. The Labute approximate surface area is 146 Å². The summed E-state index contributed by atoms with van der Waals surface area (Å²) in [6.07, 6.45) is 5.26. The summed E-state index contributed by atoms with van der Waals surface area (Å²) in [7, 11) is 0. The molecule has 134 valence electrons. The number of carbonyl (C=O) groups excluding carboxylic acids is 1. The van der Waals surface area contributed by atoms with Crippen LogP contribution < -0.4 is 0 Å². The van der Waals surface area contributed by atoms with Crippen molar-refractivity contribution in [3.63, 3.8) is 0 Å². The molecule has 4 saturated carbocycles. The lowest BCUT2D eigenvalue weighted by molar-refractivity contribution is -0.154. The lowest BCUT2D eigenvalue weighted by Gasteiger charge is -2.45. The van der Waals surface area contributed by atoms with Gasteiger partial charge in [0.2, 0.25) is 0 Å². The molecule has 8 unspecified atom stereocenters. The number of rotatable bonds is 1. The number of Topliss-reactive ketones (excluding diaryl/α,β-unsaturated/α-hetero) is 1. The molecule has 0 saturated heterocycles. The SMILES string of the molecule is C=C1CC23CC1(O)CCC2C12C=CC(O)C(C)(C(=O)C1)C2C3C(=O)O. The maximum absolute atomic E-state index is 12.9. The average Bonchev–Trinajstić information content (AvgIpc) is 2.95. The van der Waals surface area contributed by atoms with Gasteiger partial charge in [-0.3, -0.25) is 9.59 Å². The molecule has 1 spiro atoms. The monoisotopic (exact) mass is 344 g/mol. The summed E-state index contributed by atoms with van der Waals surface area (Å²) in [4.78, 5) is 25.4. The van der Waals surface area contributed by atoms with Crippen LogP contribution in [0.2, 0.25) is 0 Å². The van der Waals surface area contributed by atoms with Gasteiger partial charge in [-0.15, -0.1) is 0 Å². The first-order chi connectivity index (χ1) is 11.6. The van der Waals surface area contributed by atoms with Gasteiger partial charge in [-0.2, -0.15) is 0 Å². The number of ketones is 1. The fourth-order valence-corrected chi connectivity index (χ4v) is 7.84. The molecule has 0 aromatic heterocycles. The smallest absolute Gasteiger partial charge is 0.307 e. The minimum atomic E-state index is -1.05. The van der Waals surface area contributed by atoms with E-state index in [1.54, 1.807) is 13.0 Å². The van der Waals surface area contributed by atoms with Crippen LogP contribution in [0.15, 0.2) is 24.3 Å². The van der Waals surface area contributed by atoms with Crippen molar-refractivity contribution >= 4 is 11.8 Å². The van der Waals surface area contributed by atoms with Gasteiger partial charge in [0.05, 0.1) is 23.0 Å². The maximum Gasteiger partial charge on any atom is 0.307 e. The van der Waals surface area contributed by atoms with Crippen molar-refractivity contribution in [3.8, 4) is 0 Å². The van der Waals surface area contributed by atoms with E-state index in [0.717, 1.165) is 5.57 Å². The first-order valence-corrected chi connectivity index (χ1v) is 9.16. The molecule has 3 N–H and O–H groups in total. The Hall–Kier alpha value is -1.46. The van der Waals surface area contributed by atoms with E-state index >= 15 is 0 Å². The number of allylic oxidation sites excluding steroid dienone is 1. The van der Waals surface area contributed by atoms with E-state index in [0.29, 0.717) is 32.1 Å². The van der Waals surface area contributed by atoms with Crippen molar-refractivity contribution < 1.29 is 24.9 Å². The number of fused-ring (bicyclic) bond motifs is 1. The standard InChI is InChI=1S/C20H24O5/c1-10-7-19-9-20(10,25)6-3-11(19)18-5-4-12(21)17(2,13(22)8-18)15(18)14(19)16(23)24/h4-5,11-12,14-15,21,25H,1,3,6-9H2,2H3,(H,23,24). The number of carbonyl (C=O) groups is 2. The average molecular weight is 344 g/mol. The minimum Gasteiger partial charge on any atom is -0.481 e. The van der Waals surface area contributed by atoms with Crippen LogP contribution >= 0.6 is 0 Å². The maximum atomic E-state index is 12.9. The zero-order valence-corrected chi connectivity index (χ0v) is 14.4. The molecule has 5 aliphatic carbocycles. The third kappa shape index (κ3) is 1.40. The summed E-state index contributed by atoms with van der Waals surface area (Å²) in [6, 6.07) is 0. The highest BCUT2D eigenvalue weighted by Gasteiger charge is 2.81. The number of aliphatic hydroxyl groups is 2. The van der Waals surface area contributed by atoms with Gasteiger partial charge >= 0.3 is 5.97 Å². The largest absolute Gasteiger partial charge is 0.481 e. The van der Waals surface area contributed by atoms with Crippen molar-refractivity contribution in [2.24, 2.45) is 34.0 Å². The quantitative estimate of drug-likeness (QED) is 0.629. The Morgan fingerprint density at radius 2 is 2.08 bits per heavy atom. The molecule has 0 radical (unpaired) electrons. The number of carboxylic acid groups (broad SMARTS) is 1. The van der Waals surface area contributed by atoms with Crippen molar-refractivity contribution in [1.29, 1.82) is 0 Å². The van der Waals surface area contributed by atoms with E-state index in [-0.39, 0.29) is 11.7 Å². The number of hydrogen-bond acceptors (Lipinski definition) is 4. The Morgan fingerprint density at radius 3 is 2.76 bits per heavy atom. The summed E-state index contributed by atoms with van der Waals surface area (Å²) in [5.41, 5.74) is -2.34. The van der Waals surface area contributed by atoms with Crippen LogP contribution in [-0.4, -0.2) is 38.8 Å². The molecule has 0 heterocycles. The summed E-state index contributed by atoms with van der Waals surface area (Å²) in [6.45, 7) is 5.81. The minimum absolute atomic E-state index is 0.0197. The van der Waals surface area contributed by atoms with E-state index in [4.69, 9.17) is 0 Å². The first kappa shape index (κ1) is 15.8. The fraction of sp³-hybridized carbons (Fsp3) is 0.700.